The molecule has 2 N–H and O–H groups in total. The molecule has 0 spiro atoms. The summed E-state index contributed by atoms with van der Waals surface area (Å²) < 4.78 is 5.25. The van der Waals surface area contributed by atoms with Gasteiger partial charge >= 0.3 is 5.97 Å². The molecule has 0 unspecified atom stereocenters. The lowest BCUT2D eigenvalue weighted by Gasteiger charge is -2.13. The Labute approximate surface area is 139 Å². The van der Waals surface area contributed by atoms with Crippen LogP contribution in [0.2, 0.25) is 0 Å². The van der Waals surface area contributed by atoms with Gasteiger partial charge in [0, 0.05) is 16.6 Å². The second-order valence-electron chi connectivity index (χ2n) is 5.68. The number of ether oxygens (including phenoxy) is 1. The molecule has 3 aromatic rings. The van der Waals surface area contributed by atoms with Crippen LogP contribution in [0.5, 0.6) is 0 Å². The van der Waals surface area contributed by atoms with Gasteiger partial charge in [-0.3, -0.25) is 4.79 Å². The average Bonchev–Trinajstić information content (AvgIpc) is 2.99. The molecule has 0 bridgehead atoms. The number of hydrogen-bond donors (Lipinski definition) is 2. The van der Waals surface area contributed by atoms with Crippen LogP contribution in [-0.4, -0.2) is 23.0 Å². The molecular formula is C19H18N2O3. The fourth-order valence-corrected chi connectivity index (χ4v) is 2.43. The second kappa shape index (κ2) is 6.58. The number of benzene rings is 2. The lowest BCUT2D eigenvalue weighted by atomic mass is 10.2. The molecule has 1 atom stereocenters. The Balaban J connectivity index is 1.65. The van der Waals surface area contributed by atoms with E-state index >= 15 is 0 Å². The van der Waals surface area contributed by atoms with Gasteiger partial charge in [-0.1, -0.05) is 30.3 Å². The zero-order valence-corrected chi connectivity index (χ0v) is 13.5. The summed E-state index contributed by atoms with van der Waals surface area (Å²) >= 11 is 0. The minimum absolute atomic E-state index is 0.325. The van der Waals surface area contributed by atoms with Crippen molar-refractivity contribution >= 4 is 28.5 Å². The van der Waals surface area contributed by atoms with Crippen molar-refractivity contribution in [1.82, 2.24) is 4.98 Å². The number of aromatic amines is 1. The molecule has 5 nitrogen and oxygen atoms in total. The topological polar surface area (TPSA) is 71.2 Å². The van der Waals surface area contributed by atoms with E-state index in [0.29, 0.717) is 11.4 Å². The van der Waals surface area contributed by atoms with E-state index < -0.39 is 12.1 Å². The Hall–Kier alpha value is -3.08. The number of rotatable bonds is 4. The number of H-pyrrole nitrogens is 1. The SMILES string of the molecule is Cc1cccc(NC(=O)[C@H](C)OC(=O)c2cc3ccccc3[nH]2)c1. The quantitative estimate of drug-likeness (QED) is 0.720. The van der Waals surface area contributed by atoms with Gasteiger partial charge in [0.2, 0.25) is 0 Å². The largest absolute Gasteiger partial charge is 0.448 e. The maximum atomic E-state index is 12.2. The van der Waals surface area contributed by atoms with Gasteiger partial charge in [-0.2, -0.15) is 0 Å². The lowest BCUT2D eigenvalue weighted by molar-refractivity contribution is -0.123. The highest BCUT2D eigenvalue weighted by atomic mass is 16.5. The fraction of sp³-hybridized carbons (Fsp3) is 0.158. The molecule has 0 saturated carbocycles. The van der Waals surface area contributed by atoms with Crippen LogP contribution in [0, 0.1) is 6.92 Å². The number of fused-ring (bicyclic) bond motifs is 1. The van der Waals surface area contributed by atoms with Gasteiger partial charge in [0.05, 0.1) is 0 Å². The number of esters is 1. The van der Waals surface area contributed by atoms with Crippen LogP contribution in [0.4, 0.5) is 5.69 Å². The summed E-state index contributed by atoms with van der Waals surface area (Å²) in [6, 6.07) is 16.7. The molecule has 0 aliphatic heterocycles. The minimum Gasteiger partial charge on any atom is -0.448 e. The number of aromatic nitrogens is 1. The molecule has 122 valence electrons. The van der Waals surface area contributed by atoms with Crippen LogP contribution in [0.15, 0.2) is 54.6 Å². The third-order valence-corrected chi connectivity index (χ3v) is 3.69. The number of anilines is 1. The molecule has 3 rings (SSSR count). The van der Waals surface area contributed by atoms with Gasteiger partial charge < -0.3 is 15.0 Å². The van der Waals surface area contributed by atoms with Gasteiger partial charge in [-0.25, -0.2) is 4.79 Å². The summed E-state index contributed by atoms with van der Waals surface area (Å²) in [5.74, 6) is -0.928. The smallest absolute Gasteiger partial charge is 0.355 e. The van der Waals surface area contributed by atoms with Crippen molar-refractivity contribution in [3.05, 3.63) is 65.9 Å². The van der Waals surface area contributed by atoms with Crippen LogP contribution >= 0.6 is 0 Å². The molecular weight excluding hydrogens is 304 g/mol. The molecule has 5 heteroatoms. The van der Waals surface area contributed by atoms with Crippen LogP contribution in [-0.2, 0) is 9.53 Å². The van der Waals surface area contributed by atoms with Crippen LogP contribution < -0.4 is 5.32 Å². The highest BCUT2D eigenvalue weighted by Crippen LogP contribution is 2.16. The highest BCUT2D eigenvalue weighted by molar-refractivity contribution is 5.98. The predicted molar refractivity (Wildman–Crippen MR) is 93.0 cm³/mol. The number of hydrogen-bond acceptors (Lipinski definition) is 3. The number of carbonyl (C=O) groups excluding carboxylic acids is 2. The zero-order chi connectivity index (χ0) is 17.1. The highest BCUT2D eigenvalue weighted by Gasteiger charge is 2.20. The Morgan fingerprint density at radius 2 is 1.88 bits per heavy atom. The van der Waals surface area contributed by atoms with E-state index in [-0.39, 0.29) is 5.91 Å². The summed E-state index contributed by atoms with van der Waals surface area (Å²) in [6.07, 6.45) is -0.899. The van der Waals surface area contributed by atoms with Crippen molar-refractivity contribution in [2.24, 2.45) is 0 Å². The number of nitrogens with one attached hydrogen (secondary N) is 2. The molecule has 0 fully saturated rings. The average molecular weight is 322 g/mol. The Kier molecular flexibility index (Phi) is 4.33. The molecule has 0 saturated heterocycles. The lowest BCUT2D eigenvalue weighted by Crippen LogP contribution is -2.30. The van der Waals surface area contributed by atoms with Crippen molar-refractivity contribution in [3.8, 4) is 0 Å². The standard InChI is InChI=1S/C19H18N2O3/c1-12-6-5-8-15(10-12)20-18(22)13(2)24-19(23)17-11-14-7-3-4-9-16(14)21-17/h3-11,13,21H,1-2H3,(H,20,22)/t13-/m0/s1. The van der Waals surface area contributed by atoms with Crippen molar-refractivity contribution in [2.75, 3.05) is 5.32 Å². The molecule has 2 aromatic carbocycles. The van der Waals surface area contributed by atoms with E-state index in [4.69, 9.17) is 4.74 Å². The van der Waals surface area contributed by atoms with Gasteiger partial charge in [0.15, 0.2) is 6.10 Å². The number of para-hydroxylation sites is 1. The third kappa shape index (κ3) is 3.46. The first-order valence-electron chi connectivity index (χ1n) is 7.69. The molecule has 1 aromatic heterocycles. The van der Waals surface area contributed by atoms with E-state index in [1.165, 1.54) is 0 Å². The summed E-state index contributed by atoms with van der Waals surface area (Å²) in [7, 11) is 0. The first kappa shape index (κ1) is 15.8. The third-order valence-electron chi connectivity index (χ3n) is 3.69. The van der Waals surface area contributed by atoms with E-state index in [2.05, 4.69) is 10.3 Å². The van der Waals surface area contributed by atoms with Crippen molar-refractivity contribution < 1.29 is 14.3 Å². The molecule has 1 heterocycles. The Bertz CT molecular complexity index is 865. The number of aryl methyl sites for hydroxylation is 1. The Morgan fingerprint density at radius 3 is 2.62 bits per heavy atom. The van der Waals surface area contributed by atoms with Gasteiger partial charge in [0.1, 0.15) is 5.69 Å². The maximum Gasteiger partial charge on any atom is 0.355 e. The first-order chi connectivity index (χ1) is 11.5. The molecule has 0 radical (unpaired) electrons. The van der Waals surface area contributed by atoms with Gasteiger partial charge in [-0.05, 0) is 43.7 Å². The summed E-state index contributed by atoms with van der Waals surface area (Å²) in [5.41, 5.74) is 2.89. The predicted octanol–water partition coefficient (Wildman–Crippen LogP) is 3.66. The van der Waals surface area contributed by atoms with E-state index in [1.54, 1.807) is 19.1 Å². The van der Waals surface area contributed by atoms with E-state index in [9.17, 15) is 9.59 Å². The summed E-state index contributed by atoms with van der Waals surface area (Å²) in [5, 5.41) is 3.66. The normalized spacial score (nSPS) is 11.9. The maximum absolute atomic E-state index is 12.2. The van der Waals surface area contributed by atoms with Crippen LogP contribution in [0.1, 0.15) is 23.0 Å². The van der Waals surface area contributed by atoms with Crippen LogP contribution in [0.25, 0.3) is 10.9 Å². The van der Waals surface area contributed by atoms with E-state index in [1.807, 2.05) is 49.4 Å². The van der Waals surface area contributed by atoms with Gasteiger partial charge in [-0.15, -0.1) is 0 Å². The number of amides is 1. The molecule has 24 heavy (non-hydrogen) atoms. The summed E-state index contributed by atoms with van der Waals surface area (Å²) in [6.45, 7) is 3.49. The van der Waals surface area contributed by atoms with Crippen LogP contribution in [0.3, 0.4) is 0 Å². The molecule has 0 aliphatic rings. The fourth-order valence-electron chi connectivity index (χ4n) is 2.43. The van der Waals surface area contributed by atoms with E-state index in [0.717, 1.165) is 16.5 Å². The van der Waals surface area contributed by atoms with Crippen molar-refractivity contribution in [3.63, 3.8) is 0 Å². The molecule has 1 amide bonds. The summed E-state index contributed by atoms with van der Waals surface area (Å²) in [4.78, 5) is 27.4. The van der Waals surface area contributed by atoms with Crippen molar-refractivity contribution in [2.45, 2.75) is 20.0 Å². The number of carbonyl (C=O) groups is 2. The van der Waals surface area contributed by atoms with Gasteiger partial charge in [0.25, 0.3) is 5.91 Å². The van der Waals surface area contributed by atoms with Crippen molar-refractivity contribution in [1.29, 1.82) is 0 Å². The minimum atomic E-state index is -0.899. The molecule has 0 aliphatic carbocycles. The first-order valence-corrected chi connectivity index (χ1v) is 7.69. The zero-order valence-electron chi connectivity index (χ0n) is 13.5. The Morgan fingerprint density at radius 1 is 1.08 bits per heavy atom. The monoisotopic (exact) mass is 322 g/mol. The second-order valence-corrected chi connectivity index (χ2v) is 5.68.